The highest BCUT2D eigenvalue weighted by molar-refractivity contribution is 7.63. The Morgan fingerprint density at radius 1 is 0.929 bits per heavy atom. The summed E-state index contributed by atoms with van der Waals surface area (Å²) in [5.41, 5.74) is 0. The van der Waals surface area contributed by atoms with Gasteiger partial charge in [0.15, 0.2) is 7.51 Å². The fraction of sp³-hybridized carbons (Fsp3) is 1.00. The van der Waals surface area contributed by atoms with Gasteiger partial charge in [0.25, 0.3) is 0 Å². The zero-order chi connectivity index (χ0) is 11.4. The van der Waals surface area contributed by atoms with Gasteiger partial charge in [0.05, 0.1) is 0 Å². The van der Waals surface area contributed by atoms with Gasteiger partial charge in [0.1, 0.15) is 8.96 Å². The second kappa shape index (κ2) is 6.16. The van der Waals surface area contributed by atoms with Crippen LogP contribution in [-0.2, 0) is 4.52 Å². The van der Waals surface area contributed by atoms with Crippen LogP contribution in [0.3, 0.4) is 0 Å². The van der Waals surface area contributed by atoms with Crippen LogP contribution in [0, 0.1) is 0 Å². The van der Waals surface area contributed by atoms with E-state index in [1.165, 1.54) is 0 Å². The number of rotatable bonds is 5. The summed E-state index contributed by atoms with van der Waals surface area (Å²) in [6, 6.07) is 0. The van der Waals surface area contributed by atoms with Crippen LogP contribution in [0.4, 0.5) is 0 Å². The molecule has 0 bridgehead atoms. The van der Waals surface area contributed by atoms with Crippen molar-refractivity contribution in [1.82, 2.24) is 14.0 Å². The van der Waals surface area contributed by atoms with Crippen LogP contribution < -0.4 is 0 Å². The fourth-order valence-corrected chi connectivity index (χ4v) is 6.50. The summed E-state index contributed by atoms with van der Waals surface area (Å²) in [5, 5.41) is 0. The van der Waals surface area contributed by atoms with Crippen molar-refractivity contribution in [2.45, 2.75) is 0 Å². The average Bonchev–Trinajstić information content (AvgIpc) is 2.03. The van der Waals surface area contributed by atoms with Gasteiger partial charge < -0.3 is 4.52 Å². The first-order valence-corrected chi connectivity index (χ1v) is 6.77. The molecule has 0 aromatic rings. The maximum absolute atomic E-state index is 5.06. The summed E-state index contributed by atoms with van der Waals surface area (Å²) < 4.78 is 16.2. The summed E-state index contributed by atoms with van der Waals surface area (Å²) in [4.78, 5) is 0. The van der Waals surface area contributed by atoms with Gasteiger partial charge in [-0.2, -0.15) is 0 Å². The van der Waals surface area contributed by atoms with Gasteiger partial charge >= 0.3 is 0 Å². The third-order valence-corrected chi connectivity index (χ3v) is 6.68. The Morgan fingerprint density at radius 3 is 1.50 bits per heavy atom. The van der Waals surface area contributed by atoms with E-state index in [2.05, 4.69) is 60.8 Å². The molecule has 0 amide bonds. The maximum Gasteiger partial charge on any atom is 0.172 e. The summed E-state index contributed by atoms with van der Waals surface area (Å²) >= 11 is 0. The number of hydrogen-bond acceptors (Lipinski definition) is 2. The summed E-state index contributed by atoms with van der Waals surface area (Å²) in [6.45, 7) is 0. The van der Waals surface area contributed by atoms with Crippen molar-refractivity contribution in [3.8, 4) is 0 Å². The van der Waals surface area contributed by atoms with Crippen LogP contribution in [0.1, 0.15) is 0 Å². The summed E-state index contributed by atoms with van der Waals surface area (Å²) in [6.07, 6.45) is 0. The maximum atomic E-state index is 5.06. The molecule has 0 radical (unpaired) electrons. The van der Waals surface area contributed by atoms with Gasteiger partial charge in [-0.3, -0.25) is 14.0 Å². The van der Waals surface area contributed by atoms with Gasteiger partial charge in [0, 0.05) is 7.11 Å². The molecule has 0 heterocycles. The van der Waals surface area contributed by atoms with Crippen LogP contribution in [0.5, 0.6) is 0 Å². The lowest BCUT2D eigenvalue weighted by Gasteiger charge is -2.40. The molecule has 5 nitrogen and oxygen atoms in total. The topological polar surface area (TPSA) is 31.3 Å². The Morgan fingerprint density at radius 2 is 1.29 bits per heavy atom. The Labute approximate surface area is 89.5 Å². The molecular weight excluding hydrogens is 218 g/mol. The molecule has 7 heteroatoms. The van der Waals surface area contributed by atoms with Gasteiger partial charge in [-0.1, -0.05) is 0 Å². The quantitative estimate of drug-likeness (QED) is 0.685. The summed E-state index contributed by atoms with van der Waals surface area (Å²) in [7, 11) is 12.5. The lowest BCUT2D eigenvalue weighted by Crippen LogP contribution is -2.30. The van der Waals surface area contributed by atoms with Crippen molar-refractivity contribution < 1.29 is 4.52 Å². The van der Waals surface area contributed by atoms with Crippen LogP contribution in [0.15, 0.2) is 4.52 Å². The molecule has 1 unspecified atom stereocenters. The highest BCUT2D eigenvalue weighted by atomic mass is 31.2. The molecule has 0 aromatic carbocycles. The van der Waals surface area contributed by atoms with Crippen molar-refractivity contribution in [1.29, 1.82) is 0 Å². The number of nitrogens with zero attached hydrogens (tertiary/aromatic N) is 4. The smallest absolute Gasteiger partial charge is 0.172 e. The normalized spacial score (nSPS) is 13.9. The Balaban J connectivity index is 5.16. The van der Waals surface area contributed by atoms with Crippen molar-refractivity contribution in [2.24, 2.45) is 4.52 Å². The van der Waals surface area contributed by atoms with Crippen LogP contribution >= 0.6 is 16.5 Å². The average molecular weight is 240 g/mol. The molecule has 0 aliphatic heterocycles. The number of hydrogen-bond donors (Lipinski definition) is 0. The van der Waals surface area contributed by atoms with E-state index in [-0.39, 0.29) is 8.96 Å². The lowest BCUT2D eigenvalue weighted by molar-refractivity contribution is 0.464. The zero-order valence-corrected chi connectivity index (χ0v) is 12.0. The van der Waals surface area contributed by atoms with Crippen molar-refractivity contribution in [2.75, 3.05) is 49.4 Å². The van der Waals surface area contributed by atoms with E-state index in [1.807, 2.05) is 0 Å². The van der Waals surface area contributed by atoms with E-state index in [1.54, 1.807) is 7.11 Å². The molecule has 0 fully saturated rings. The van der Waals surface area contributed by atoms with E-state index in [0.29, 0.717) is 0 Å². The van der Waals surface area contributed by atoms with Crippen molar-refractivity contribution >= 4 is 16.5 Å². The SMILES string of the molecule is COPN=P(N(C)C)(N(C)C)N(C)C. The molecule has 86 valence electrons. The molecule has 0 aromatic heterocycles. The van der Waals surface area contributed by atoms with Crippen LogP contribution in [0.25, 0.3) is 0 Å². The second-order valence-electron chi connectivity index (χ2n) is 3.47. The standard InChI is InChI=1S/C7H22N4OP2/c1-9(2)14(10(3)4,11(5)6)8-13-12-7/h13H,1-7H3. The van der Waals surface area contributed by atoms with Gasteiger partial charge in [0.2, 0.25) is 0 Å². The molecule has 0 spiro atoms. The van der Waals surface area contributed by atoms with E-state index >= 15 is 0 Å². The predicted octanol–water partition coefficient (Wildman–Crippen LogP) is 1.77. The Bertz CT molecular complexity index is 189. The minimum Gasteiger partial charge on any atom is -0.343 e. The Hall–Kier alpha value is 0.500. The predicted molar refractivity (Wildman–Crippen MR) is 65.7 cm³/mol. The second-order valence-corrected chi connectivity index (χ2v) is 8.34. The highest BCUT2D eigenvalue weighted by Gasteiger charge is 2.27. The zero-order valence-electron chi connectivity index (χ0n) is 10.1. The third kappa shape index (κ3) is 2.99. The largest absolute Gasteiger partial charge is 0.343 e. The van der Waals surface area contributed by atoms with E-state index in [0.717, 1.165) is 0 Å². The molecule has 1 atom stereocenters. The molecule has 0 aliphatic rings. The first-order valence-electron chi connectivity index (χ1n) is 4.32. The van der Waals surface area contributed by atoms with Gasteiger partial charge in [-0.25, -0.2) is 4.52 Å². The monoisotopic (exact) mass is 240 g/mol. The minimum atomic E-state index is -1.72. The van der Waals surface area contributed by atoms with Crippen LogP contribution in [0.2, 0.25) is 0 Å². The van der Waals surface area contributed by atoms with Gasteiger partial charge in [-0.05, 0) is 42.3 Å². The molecule has 0 rings (SSSR count). The molecular formula is C7H22N4OP2. The molecule has 14 heavy (non-hydrogen) atoms. The highest BCUT2D eigenvalue weighted by Crippen LogP contribution is 2.57. The fourth-order valence-electron chi connectivity index (χ4n) is 1.44. The molecule has 0 saturated carbocycles. The Kier molecular flexibility index (Phi) is 6.38. The van der Waals surface area contributed by atoms with Crippen molar-refractivity contribution in [3.63, 3.8) is 0 Å². The van der Waals surface area contributed by atoms with E-state index in [4.69, 9.17) is 4.52 Å². The molecule has 0 saturated heterocycles. The van der Waals surface area contributed by atoms with E-state index < -0.39 is 7.51 Å². The third-order valence-electron chi connectivity index (χ3n) is 1.88. The first-order chi connectivity index (χ1) is 6.39. The first kappa shape index (κ1) is 14.5. The van der Waals surface area contributed by atoms with Crippen LogP contribution in [-0.4, -0.2) is 63.4 Å². The van der Waals surface area contributed by atoms with Gasteiger partial charge in [-0.15, -0.1) is 0 Å². The molecule has 0 aliphatic carbocycles. The minimum absolute atomic E-state index is 0.194. The molecule has 0 N–H and O–H groups in total. The van der Waals surface area contributed by atoms with E-state index in [9.17, 15) is 0 Å². The lowest BCUT2D eigenvalue weighted by atomic mass is 11.2. The summed E-state index contributed by atoms with van der Waals surface area (Å²) in [5.74, 6) is 0. The van der Waals surface area contributed by atoms with Crippen molar-refractivity contribution in [3.05, 3.63) is 0 Å².